The van der Waals surface area contributed by atoms with E-state index in [1.54, 1.807) is 12.1 Å². The first kappa shape index (κ1) is 19.1. The zero-order valence-corrected chi connectivity index (χ0v) is 14.6. The van der Waals surface area contributed by atoms with E-state index >= 15 is 0 Å². The molecule has 28 heavy (non-hydrogen) atoms. The molecule has 3 heterocycles. The standard InChI is InChI=1S/C17H15F3N6O2/c1-21-12(9-22-10-28-11-4-5-13(27-2)24-8-11)14-15(17(18,19)20)25-16-23-6-3-7-26(14)16/h3-9,22H,1,10H2,2H3/b12-9-. The smallest absolute Gasteiger partial charge is 0.435 e. The summed E-state index contributed by atoms with van der Waals surface area (Å²) < 4.78 is 51.7. The Bertz CT molecular complexity index is 998. The summed E-state index contributed by atoms with van der Waals surface area (Å²) in [7, 11) is 1.49. The van der Waals surface area contributed by atoms with Crippen molar-refractivity contribution in [3.05, 3.63) is 54.4 Å². The molecule has 0 saturated carbocycles. The number of rotatable bonds is 7. The van der Waals surface area contributed by atoms with Crippen LogP contribution in [0.2, 0.25) is 0 Å². The molecule has 3 aromatic rings. The first-order chi connectivity index (χ1) is 13.4. The molecule has 0 aliphatic carbocycles. The van der Waals surface area contributed by atoms with E-state index in [-0.39, 0.29) is 23.9 Å². The number of aromatic nitrogens is 4. The summed E-state index contributed by atoms with van der Waals surface area (Å²) in [6, 6.07) is 4.75. The average molecular weight is 392 g/mol. The van der Waals surface area contributed by atoms with E-state index in [0.29, 0.717) is 11.6 Å². The molecule has 11 heteroatoms. The third kappa shape index (κ3) is 4.03. The number of alkyl halides is 3. The van der Waals surface area contributed by atoms with Crippen molar-refractivity contribution in [2.45, 2.75) is 6.18 Å². The summed E-state index contributed by atoms with van der Waals surface area (Å²) in [5, 5.41) is 2.74. The predicted octanol–water partition coefficient (Wildman–Crippen LogP) is 2.78. The second-order valence-corrected chi connectivity index (χ2v) is 5.31. The van der Waals surface area contributed by atoms with Crippen LogP contribution in [0.5, 0.6) is 11.6 Å². The van der Waals surface area contributed by atoms with Gasteiger partial charge in [-0.05, 0) is 18.9 Å². The fraction of sp³-hybridized carbons (Fsp3) is 0.176. The van der Waals surface area contributed by atoms with Crippen molar-refractivity contribution >= 4 is 18.2 Å². The molecular weight excluding hydrogens is 377 g/mol. The Morgan fingerprint density at radius 3 is 2.82 bits per heavy atom. The highest BCUT2D eigenvalue weighted by Crippen LogP contribution is 2.34. The van der Waals surface area contributed by atoms with Gasteiger partial charge in [-0.1, -0.05) is 0 Å². The first-order valence-electron chi connectivity index (χ1n) is 7.88. The van der Waals surface area contributed by atoms with Crippen molar-refractivity contribution in [2.24, 2.45) is 4.99 Å². The Morgan fingerprint density at radius 2 is 2.18 bits per heavy atom. The van der Waals surface area contributed by atoms with Gasteiger partial charge in [0.2, 0.25) is 11.7 Å². The maximum atomic E-state index is 13.4. The van der Waals surface area contributed by atoms with Crippen LogP contribution in [0.1, 0.15) is 11.4 Å². The molecule has 0 atom stereocenters. The molecule has 0 aliphatic heterocycles. The van der Waals surface area contributed by atoms with Gasteiger partial charge >= 0.3 is 6.18 Å². The van der Waals surface area contributed by atoms with E-state index in [0.717, 1.165) is 0 Å². The highest BCUT2D eigenvalue weighted by atomic mass is 19.4. The number of fused-ring (bicyclic) bond motifs is 1. The van der Waals surface area contributed by atoms with Gasteiger partial charge in [-0.25, -0.2) is 15.0 Å². The highest BCUT2D eigenvalue weighted by Gasteiger charge is 2.39. The number of nitrogens with one attached hydrogen (secondary N) is 1. The summed E-state index contributed by atoms with van der Waals surface area (Å²) in [6.45, 7) is 3.31. The third-order valence-electron chi connectivity index (χ3n) is 3.56. The zero-order chi connectivity index (χ0) is 20.1. The van der Waals surface area contributed by atoms with Crippen LogP contribution in [0.15, 0.2) is 48.0 Å². The zero-order valence-electron chi connectivity index (χ0n) is 14.6. The van der Waals surface area contributed by atoms with Gasteiger partial charge < -0.3 is 14.8 Å². The SMILES string of the molecule is C=N/C(=C\NCOc1ccc(OC)nc1)c1c(C(F)(F)F)nc2ncccn12. The fourth-order valence-corrected chi connectivity index (χ4v) is 2.35. The van der Waals surface area contributed by atoms with Crippen molar-refractivity contribution < 1.29 is 22.6 Å². The summed E-state index contributed by atoms with van der Waals surface area (Å²) in [6.07, 6.45) is 0.799. The Labute approximate surface area is 157 Å². The average Bonchev–Trinajstić information content (AvgIpc) is 3.09. The van der Waals surface area contributed by atoms with E-state index in [1.807, 2.05) is 0 Å². The van der Waals surface area contributed by atoms with Crippen LogP contribution in [0.25, 0.3) is 11.5 Å². The lowest BCUT2D eigenvalue weighted by Crippen LogP contribution is -2.15. The molecule has 0 bridgehead atoms. The Balaban J connectivity index is 1.81. The molecule has 1 N–H and O–H groups in total. The highest BCUT2D eigenvalue weighted by molar-refractivity contribution is 5.69. The van der Waals surface area contributed by atoms with Crippen LogP contribution in [0.4, 0.5) is 13.2 Å². The number of methoxy groups -OCH3 is 1. The van der Waals surface area contributed by atoms with Crippen LogP contribution in [0, 0.1) is 0 Å². The number of nitrogens with zero attached hydrogens (tertiary/aromatic N) is 5. The van der Waals surface area contributed by atoms with Gasteiger partial charge in [0, 0.05) is 24.7 Å². The molecule has 0 saturated heterocycles. The van der Waals surface area contributed by atoms with Gasteiger partial charge in [0.1, 0.15) is 17.1 Å². The molecule has 8 nitrogen and oxygen atoms in total. The number of aliphatic imine (C=N–C) groups is 1. The Kier molecular flexibility index (Phi) is 5.43. The van der Waals surface area contributed by atoms with Crippen molar-refractivity contribution in [1.29, 1.82) is 0 Å². The summed E-state index contributed by atoms with van der Waals surface area (Å²) in [4.78, 5) is 15.1. The maximum absolute atomic E-state index is 13.4. The van der Waals surface area contributed by atoms with E-state index in [9.17, 15) is 13.2 Å². The van der Waals surface area contributed by atoms with Gasteiger partial charge in [0.15, 0.2) is 12.4 Å². The third-order valence-corrected chi connectivity index (χ3v) is 3.56. The Morgan fingerprint density at radius 1 is 1.36 bits per heavy atom. The van der Waals surface area contributed by atoms with Gasteiger partial charge in [0.05, 0.1) is 13.3 Å². The monoisotopic (exact) mass is 392 g/mol. The number of halogens is 3. The Hall–Kier alpha value is -3.63. The quantitative estimate of drug-likeness (QED) is 0.378. The molecule has 3 aromatic heterocycles. The van der Waals surface area contributed by atoms with Crippen molar-refractivity contribution in [3.63, 3.8) is 0 Å². The minimum Gasteiger partial charge on any atom is -0.481 e. The minimum atomic E-state index is -4.68. The summed E-state index contributed by atoms with van der Waals surface area (Å²) >= 11 is 0. The van der Waals surface area contributed by atoms with Crippen molar-refractivity contribution in [1.82, 2.24) is 24.7 Å². The van der Waals surface area contributed by atoms with E-state index < -0.39 is 11.9 Å². The molecule has 0 aliphatic rings. The molecule has 0 radical (unpaired) electrons. The molecule has 0 amide bonds. The predicted molar refractivity (Wildman–Crippen MR) is 94.9 cm³/mol. The topological polar surface area (TPSA) is 85.9 Å². The lowest BCUT2D eigenvalue weighted by molar-refractivity contribution is -0.141. The number of imidazole rings is 1. The summed E-state index contributed by atoms with van der Waals surface area (Å²) in [5.74, 6) is 0.781. The van der Waals surface area contributed by atoms with Gasteiger partial charge in [-0.2, -0.15) is 13.2 Å². The number of hydrogen-bond acceptors (Lipinski definition) is 7. The molecule has 0 fully saturated rings. The lowest BCUT2D eigenvalue weighted by atomic mass is 10.2. The first-order valence-corrected chi connectivity index (χ1v) is 7.88. The molecular formula is C17H15F3N6O2. The van der Waals surface area contributed by atoms with Crippen LogP contribution in [0.3, 0.4) is 0 Å². The van der Waals surface area contributed by atoms with E-state index in [4.69, 9.17) is 9.47 Å². The second-order valence-electron chi connectivity index (χ2n) is 5.31. The van der Waals surface area contributed by atoms with Crippen molar-refractivity contribution in [3.8, 4) is 11.6 Å². The largest absolute Gasteiger partial charge is 0.481 e. The molecule has 146 valence electrons. The molecule has 0 unspecified atom stereocenters. The van der Waals surface area contributed by atoms with Crippen LogP contribution < -0.4 is 14.8 Å². The van der Waals surface area contributed by atoms with Crippen LogP contribution >= 0.6 is 0 Å². The van der Waals surface area contributed by atoms with Gasteiger partial charge in [0.25, 0.3) is 0 Å². The molecule has 0 aromatic carbocycles. The van der Waals surface area contributed by atoms with E-state index in [1.165, 1.54) is 42.4 Å². The van der Waals surface area contributed by atoms with Gasteiger partial charge in [-0.15, -0.1) is 0 Å². The molecule has 0 spiro atoms. The van der Waals surface area contributed by atoms with E-state index in [2.05, 4.69) is 32.0 Å². The van der Waals surface area contributed by atoms with Crippen molar-refractivity contribution in [2.75, 3.05) is 13.8 Å². The van der Waals surface area contributed by atoms with Crippen LogP contribution in [-0.2, 0) is 6.18 Å². The number of ether oxygens (including phenoxy) is 2. The minimum absolute atomic E-state index is 0.0383. The maximum Gasteiger partial charge on any atom is 0.435 e. The number of pyridine rings is 1. The normalized spacial score (nSPS) is 12.1. The lowest BCUT2D eigenvalue weighted by Gasteiger charge is -2.09. The molecule has 3 rings (SSSR count). The fourth-order valence-electron chi connectivity index (χ4n) is 2.35. The second kappa shape index (κ2) is 7.94. The van der Waals surface area contributed by atoms with Gasteiger partial charge in [-0.3, -0.25) is 9.39 Å². The summed E-state index contributed by atoms with van der Waals surface area (Å²) in [5.41, 5.74) is -1.44. The number of hydrogen-bond donors (Lipinski definition) is 1. The van der Waals surface area contributed by atoms with Crippen LogP contribution in [-0.4, -0.2) is 39.9 Å².